The molecule has 2 aliphatic rings. The number of nitro benzene ring substituents is 1. The summed E-state index contributed by atoms with van der Waals surface area (Å²) in [4.78, 5) is 48.9. The third kappa shape index (κ3) is 3.75. The van der Waals surface area contributed by atoms with E-state index in [1.807, 2.05) is 0 Å². The molecule has 1 aromatic carbocycles. The van der Waals surface area contributed by atoms with Crippen LogP contribution in [0.4, 0.5) is 16.2 Å². The number of imide groups is 1. The van der Waals surface area contributed by atoms with Gasteiger partial charge >= 0.3 is 6.03 Å². The topological polar surface area (TPSA) is 131 Å². The van der Waals surface area contributed by atoms with E-state index in [1.165, 1.54) is 19.2 Å². The van der Waals surface area contributed by atoms with Crippen molar-refractivity contribution < 1.29 is 24.0 Å². The summed E-state index contributed by atoms with van der Waals surface area (Å²) in [6, 6.07) is 3.19. The zero-order chi connectivity index (χ0) is 20.3. The molecule has 150 valence electrons. The Kier molecular flexibility index (Phi) is 5.48. The lowest BCUT2D eigenvalue weighted by atomic mass is 9.90. The molecule has 1 spiro atoms. The van der Waals surface area contributed by atoms with Crippen molar-refractivity contribution in [1.82, 2.24) is 10.2 Å². The minimum absolute atomic E-state index is 0.0953. The average Bonchev–Trinajstić information content (AvgIpc) is 2.83. The SMILES string of the molecule is COc1ccc([N+](=O)[O-])cc1NC(=O)CN1C(=O)NC2(CCCCCC2)C1=O. The maximum absolute atomic E-state index is 12.8. The minimum atomic E-state index is -0.920. The van der Waals surface area contributed by atoms with Crippen molar-refractivity contribution >= 4 is 29.2 Å². The van der Waals surface area contributed by atoms with Gasteiger partial charge in [0.05, 0.1) is 17.7 Å². The molecule has 0 aromatic heterocycles. The average molecular weight is 390 g/mol. The molecule has 4 amide bonds. The van der Waals surface area contributed by atoms with E-state index < -0.39 is 28.9 Å². The Hall–Kier alpha value is -3.17. The number of benzene rings is 1. The fourth-order valence-electron chi connectivity index (χ4n) is 3.73. The summed E-state index contributed by atoms with van der Waals surface area (Å²) in [5.74, 6) is -0.801. The largest absolute Gasteiger partial charge is 0.495 e. The summed E-state index contributed by atoms with van der Waals surface area (Å²) in [7, 11) is 1.37. The third-order valence-corrected chi connectivity index (χ3v) is 5.17. The Morgan fingerprint density at radius 3 is 2.57 bits per heavy atom. The van der Waals surface area contributed by atoms with E-state index in [4.69, 9.17) is 4.74 Å². The highest BCUT2D eigenvalue weighted by Crippen LogP contribution is 2.33. The van der Waals surface area contributed by atoms with Crippen LogP contribution in [-0.4, -0.2) is 46.9 Å². The minimum Gasteiger partial charge on any atom is -0.495 e. The lowest BCUT2D eigenvalue weighted by Gasteiger charge is -2.24. The van der Waals surface area contributed by atoms with Crippen LogP contribution in [0.1, 0.15) is 38.5 Å². The molecule has 1 aliphatic carbocycles. The summed E-state index contributed by atoms with van der Waals surface area (Å²) in [6.45, 7) is -0.474. The number of carbonyl (C=O) groups excluding carboxylic acids is 3. The highest BCUT2D eigenvalue weighted by atomic mass is 16.6. The molecule has 2 N–H and O–H groups in total. The smallest absolute Gasteiger partial charge is 0.325 e. The number of ether oxygens (including phenoxy) is 1. The molecule has 1 saturated carbocycles. The first-order valence-corrected chi connectivity index (χ1v) is 9.13. The summed E-state index contributed by atoms with van der Waals surface area (Å²) in [6.07, 6.45) is 4.84. The third-order valence-electron chi connectivity index (χ3n) is 5.17. The quantitative estimate of drug-likeness (QED) is 0.450. The number of nitro groups is 1. The Bertz CT molecular complexity index is 816. The number of nitrogens with one attached hydrogen (secondary N) is 2. The number of non-ortho nitro benzene ring substituents is 1. The van der Waals surface area contributed by atoms with Crippen LogP contribution in [0.2, 0.25) is 0 Å². The van der Waals surface area contributed by atoms with Crippen LogP contribution in [-0.2, 0) is 9.59 Å². The number of urea groups is 1. The molecule has 10 nitrogen and oxygen atoms in total. The summed E-state index contributed by atoms with van der Waals surface area (Å²) in [5, 5.41) is 16.2. The van der Waals surface area contributed by atoms with Crippen LogP contribution in [0, 0.1) is 10.1 Å². The van der Waals surface area contributed by atoms with Gasteiger partial charge in [-0.05, 0) is 18.9 Å². The Balaban J connectivity index is 1.73. The molecule has 1 aliphatic heterocycles. The van der Waals surface area contributed by atoms with Crippen molar-refractivity contribution in [3.05, 3.63) is 28.3 Å². The standard InChI is InChI=1S/C18H22N4O6/c1-28-14-7-6-12(22(26)27)10-13(14)19-15(23)11-21-16(24)18(20-17(21)25)8-4-2-3-5-9-18/h6-7,10H,2-5,8-9,11H2,1H3,(H,19,23)(H,20,25). The van der Waals surface area contributed by atoms with E-state index in [2.05, 4.69) is 10.6 Å². The van der Waals surface area contributed by atoms with E-state index in [1.54, 1.807) is 0 Å². The fourth-order valence-corrected chi connectivity index (χ4v) is 3.73. The predicted octanol–water partition coefficient (Wildman–Crippen LogP) is 2.19. The molecule has 1 saturated heterocycles. The van der Waals surface area contributed by atoms with E-state index in [9.17, 15) is 24.5 Å². The molecule has 0 unspecified atom stereocenters. The van der Waals surface area contributed by atoms with Gasteiger partial charge < -0.3 is 15.4 Å². The summed E-state index contributed by atoms with van der Waals surface area (Å²) >= 11 is 0. The van der Waals surface area contributed by atoms with E-state index in [-0.39, 0.29) is 23.0 Å². The molecule has 1 aromatic rings. The van der Waals surface area contributed by atoms with Gasteiger partial charge in [0.15, 0.2) is 0 Å². The van der Waals surface area contributed by atoms with Gasteiger partial charge in [0.1, 0.15) is 17.8 Å². The summed E-state index contributed by atoms with van der Waals surface area (Å²) in [5.41, 5.74) is -1.04. The van der Waals surface area contributed by atoms with Crippen molar-refractivity contribution in [1.29, 1.82) is 0 Å². The fraction of sp³-hybridized carbons (Fsp3) is 0.500. The number of hydrogen-bond acceptors (Lipinski definition) is 6. The molecular weight excluding hydrogens is 368 g/mol. The lowest BCUT2D eigenvalue weighted by molar-refractivity contribution is -0.384. The van der Waals surface area contributed by atoms with Gasteiger partial charge in [-0.3, -0.25) is 24.6 Å². The van der Waals surface area contributed by atoms with Crippen LogP contribution in [0.3, 0.4) is 0 Å². The van der Waals surface area contributed by atoms with E-state index >= 15 is 0 Å². The van der Waals surface area contributed by atoms with Gasteiger partial charge in [-0.25, -0.2) is 4.79 Å². The Labute approximate surface area is 161 Å². The summed E-state index contributed by atoms with van der Waals surface area (Å²) < 4.78 is 5.10. The first-order chi connectivity index (χ1) is 13.4. The number of amides is 4. The Morgan fingerprint density at radius 1 is 1.29 bits per heavy atom. The molecule has 0 atom stereocenters. The van der Waals surface area contributed by atoms with Gasteiger partial charge in [-0.2, -0.15) is 0 Å². The number of rotatable bonds is 5. The second kappa shape index (κ2) is 7.83. The normalized spacial score (nSPS) is 18.5. The highest BCUT2D eigenvalue weighted by Gasteiger charge is 2.51. The van der Waals surface area contributed by atoms with Crippen LogP contribution in [0.5, 0.6) is 5.75 Å². The van der Waals surface area contributed by atoms with Crippen molar-refractivity contribution in [3.8, 4) is 5.75 Å². The molecule has 3 rings (SSSR count). The van der Waals surface area contributed by atoms with Crippen LogP contribution in [0.25, 0.3) is 0 Å². The van der Waals surface area contributed by atoms with Crippen LogP contribution in [0.15, 0.2) is 18.2 Å². The molecule has 0 bridgehead atoms. The Morgan fingerprint density at radius 2 is 1.96 bits per heavy atom. The number of nitrogens with zero attached hydrogens (tertiary/aromatic N) is 2. The zero-order valence-corrected chi connectivity index (χ0v) is 15.5. The van der Waals surface area contributed by atoms with Crippen molar-refractivity contribution in [3.63, 3.8) is 0 Å². The van der Waals surface area contributed by atoms with Gasteiger partial charge in [-0.1, -0.05) is 25.7 Å². The van der Waals surface area contributed by atoms with Gasteiger partial charge in [-0.15, -0.1) is 0 Å². The van der Waals surface area contributed by atoms with Gasteiger partial charge in [0.2, 0.25) is 5.91 Å². The first kappa shape index (κ1) is 19.6. The monoisotopic (exact) mass is 390 g/mol. The van der Waals surface area contributed by atoms with Gasteiger partial charge in [0, 0.05) is 12.1 Å². The number of carbonyl (C=O) groups is 3. The number of anilines is 1. The van der Waals surface area contributed by atoms with Crippen molar-refractivity contribution in [2.75, 3.05) is 19.0 Å². The van der Waals surface area contributed by atoms with Crippen molar-refractivity contribution in [2.24, 2.45) is 0 Å². The van der Waals surface area contributed by atoms with E-state index in [0.29, 0.717) is 12.8 Å². The second-order valence-corrected chi connectivity index (χ2v) is 7.01. The molecule has 2 fully saturated rings. The molecular formula is C18H22N4O6. The lowest BCUT2D eigenvalue weighted by Crippen LogP contribution is -2.47. The predicted molar refractivity (Wildman–Crippen MR) is 99.0 cm³/mol. The first-order valence-electron chi connectivity index (χ1n) is 9.13. The maximum atomic E-state index is 12.8. The molecule has 28 heavy (non-hydrogen) atoms. The highest BCUT2D eigenvalue weighted by molar-refractivity contribution is 6.10. The van der Waals surface area contributed by atoms with E-state index in [0.717, 1.165) is 36.6 Å². The molecule has 1 heterocycles. The zero-order valence-electron chi connectivity index (χ0n) is 15.5. The van der Waals surface area contributed by atoms with Crippen LogP contribution >= 0.6 is 0 Å². The van der Waals surface area contributed by atoms with Crippen molar-refractivity contribution in [2.45, 2.75) is 44.1 Å². The van der Waals surface area contributed by atoms with Crippen LogP contribution < -0.4 is 15.4 Å². The maximum Gasteiger partial charge on any atom is 0.325 e. The number of methoxy groups -OCH3 is 1. The molecule has 10 heteroatoms. The van der Waals surface area contributed by atoms with Gasteiger partial charge in [0.25, 0.3) is 11.6 Å². The number of hydrogen-bond donors (Lipinski definition) is 2. The molecule has 0 radical (unpaired) electrons. The second-order valence-electron chi connectivity index (χ2n) is 7.01.